The first-order chi connectivity index (χ1) is 9.33. The van der Waals surface area contributed by atoms with Crippen molar-refractivity contribution >= 4 is 17.6 Å². The summed E-state index contributed by atoms with van der Waals surface area (Å²) < 4.78 is 13.5. The van der Waals surface area contributed by atoms with Crippen molar-refractivity contribution < 1.29 is 19.1 Å². The van der Waals surface area contributed by atoms with E-state index < -0.39 is 17.3 Å². The van der Waals surface area contributed by atoms with E-state index in [4.69, 9.17) is 5.11 Å². The minimum Gasteiger partial charge on any atom is -0.478 e. The lowest BCUT2D eigenvalue weighted by Crippen LogP contribution is -2.31. The van der Waals surface area contributed by atoms with E-state index in [1.165, 1.54) is 12.1 Å². The smallest absolute Gasteiger partial charge is 0.340 e. The maximum absolute atomic E-state index is 13.5. The number of aromatic carboxylic acids is 1. The molecule has 1 aromatic rings. The average Bonchev–Trinajstić information content (AvgIpc) is 2.68. The highest BCUT2D eigenvalue weighted by Crippen LogP contribution is 2.43. The monoisotopic (exact) mass is 279 g/mol. The third-order valence-electron chi connectivity index (χ3n) is 4.06. The Balaban J connectivity index is 2.25. The summed E-state index contributed by atoms with van der Waals surface area (Å²) in [6.45, 7) is 4.04. The Morgan fingerprint density at radius 3 is 2.65 bits per heavy atom. The summed E-state index contributed by atoms with van der Waals surface area (Å²) in [6.07, 6.45) is 2.70. The van der Waals surface area contributed by atoms with Gasteiger partial charge in [-0.15, -0.1) is 0 Å². The van der Waals surface area contributed by atoms with Gasteiger partial charge in [-0.3, -0.25) is 4.79 Å². The van der Waals surface area contributed by atoms with Gasteiger partial charge in [-0.2, -0.15) is 0 Å². The Kier molecular flexibility index (Phi) is 3.79. The minimum atomic E-state index is -1.39. The molecular formula is C15H18FNO3. The molecule has 1 aliphatic rings. The SMILES string of the molecule is CC1(C)CCCC1C(=O)Nc1cccc(F)c1C(=O)O. The molecule has 1 atom stereocenters. The number of rotatable bonds is 3. The maximum Gasteiger partial charge on any atom is 0.340 e. The zero-order chi connectivity index (χ0) is 14.9. The lowest BCUT2D eigenvalue weighted by Gasteiger charge is -2.26. The number of halogens is 1. The number of carbonyl (C=O) groups excluding carboxylic acids is 1. The summed E-state index contributed by atoms with van der Waals surface area (Å²) in [5.41, 5.74) is -0.581. The Morgan fingerprint density at radius 2 is 2.10 bits per heavy atom. The van der Waals surface area contributed by atoms with Crippen LogP contribution in [0.4, 0.5) is 10.1 Å². The van der Waals surface area contributed by atoms with Gasteiger partial charge < -0.3 is 10.4 Å². The number of amides is 1. The van der Waals surface area contributed by atoms with Gasteiger partial charge >= 0.3 is 5.97 Å². The van der Waals surface area contributed by atoms with Crippen molar-refractivity contribution in [3.8, 4) is 0 Å². The summed E-state index contributed by atoms with van der Waals surface area (Å²) in [4.78, 5) is 23.4. The minimum absolute atomic E-state index is 0.0187. The van der Waals surface area contributed by atoms with Crippen LogP contribution in [0.5, 0.6) is 0 Å². The molecule has 108 valence electrons. The molecular weight excluding hydrogens is 261 g/mol. The molecule has 1 amide bonds. The van der Waals surface area contributed by atoms with Crippen LogP contribution in [-0.2, 0) is 4.79 Å². The Bertz CT molecular complexity index is 554. The van der Waals surface area contributed by atoms with Crippen LogP contribution in [0.2, 0.25) is 0 Å². The van der Waals surface area contributed by atoms with E-state index in [1.54, 1.807) is 0 Å². The molecule has 0 radical (unpaired) electrons. The molecule has 1 fully saturated rings. The molecule has 1 aromatic carbocycles. The van der Waals surface area contributed by atoms with Crippen LogP contribution < -0.4 is 5.32 Å². The molecule has 0 aromatic heterocycles. The van der Waals surface area contributed by atoms with Crippen molar-refractivity contribution in [1.29, 1.82) is 0 Å². The van der Waals surface area contributed by atoms with E-state index in [1.807, 2.05) is 13.8 Å². The van der Waals surface area contributed by atoms with Crippen molar-refractivity contribution in [2.24, 2.45) is 11.3 Å². The molecule has 0 aliphatic heterocycles. The summed E-state index contributed by atoms with van der Waals surface area (Å²) in [5, 5.41) is 11.6. The maximum atomic E-state index is 13.5. The van der Waals surface area contributed by atoms with Crippen LogP contribution in [0.25, 0.3) is 0 Å². The van der Waals surface area contributed by atoms with Gasteiger partial charge in [-0.25, -0.2) is 9.18 Å². The number of carboxylic acid groups (broad SMARTS) is 1. The Labute approximate surface area is 117 Å². The predicted molar refractivity (Wildman–Crippen MR) is 73.1 cm³/mol. The third-order valence-corrected chi connectivity index (χ3v) is 4.06. The van der Waals surface area contributed by atoms with E-state index in [9.17, 15) is 14.0 Å². The highest BCUT2D eigenvalue weighted by atomic mass is 19.1. The molecule has 0 spiro atoms. The number of carbonyl (C=O) groups is 2. The number of nitrogens with one attached hydrogen (secondary N) is 1. The molecule has 1 unspecified atom stereocenters. The Hall–Kier alpha value is -1.91. The zero-order valence-corrected chi connectivity index (χ0v) is 11.6. The van der Waals surface area contributed by atoms with Gasteiger partial charge in [0.2, 0.25) is 5.91 Å². The highest BCUT2D eigenvalue weighted by molar-refractivity contribution is 6.01. The normalized spacial score (nSPS) is 20.6. The lowest BCUT2D eigenvalue weighted by atomic mass is 9.81. The van der Waals surface area contributed by atoms with Gasteiger partial charge in [-0.1, -0.05) is 26.3 Å². The molecule has 1 saturated carbocycles. The van der Waals surface area contributed by atoms with E-state index >= 15 is 0 Å². The second kappa shape index (κ2) is 5.23. The first kappa shape index (κ1) is 14.5. The largest absolute Gasteiger partial charge is 0.478 e. The summed E-state index contributed by atoms with van der Waals surface area (Å²) in [5.74, 6) is -2.64. The first-order valence-corrected chi connectivity index (χ1v) is 6.65. The van der Waals surface area contributed by atoms with Gasteiger partial charge in [0.15, 0.2) is 0 Å². The number of hydrogen-bond acceptors (Lipinski definition) is 2. The average molecular weight is 279 g/mol. The third kappa shape index (κ3) is 2.66. The second-order valence-electron chi connectivity index (χ2n) is 5.89. The quantitative estimate of drug-likeness (QED) is 0.892. The predicted octanol–water partition coefficient (Wildman–Crippen LogP) is 3.29. The number of hydrogen-bond donors (Lipinski definition) is 2. The van der Waals surface area contributed by atoms with E-state index in [-0.39, 0.29) is 22.9 Å². The van der Waals surface area contributed by atoms with Crippen molar-refractivity contribution in [2.75, 3.05) is 5.32 Å². The fourth-order valence-corrected chi connectivity index (χ4v) is 2.88. The van der Waals surface area contributed by atoms with Crippen LogP contribution in [-0.4, -0.2) is 17.0 Å². The molecule has 1 aliphatic carbocycles. The van der Waals surface area contributed by atoms with Crippen LogP contribution in [0, 0.1) is 17.2 Å². The standard InChI is InChI=1S/C15H18FNO3/c1-15(2)8-4-5-9(15)13(18)17-11-7-3-6-10(16)12(11)14(19)20/h3,6-7,9H,4-5,8H2,1-2H3,(H,17,18)(H,19,20). The lowest BCUT2D eigenvalue weighted by molar-refractivity contribution is -0.122. The highest BCUT2D eigenvalue weighted by Gasteiger charge is 2.39. The van der Waals surface area contributed by atoms with Crippen molar-refractivity contribution in [2.45, 2.75) is 33.1 Å². The van der Waals surface area contributed by atoms with Crippen LogP contribution >= 0.6 is 0 Å². The van der Waals surface area contributed by atoms with Gasteiger partial charge in [0.1, 0.15) is 11.4 Å². The van der Waals surface area contributed by atoms with Gasteiger partial charge in [-0.05, 0) is 30.4 Å². The molecule has 0 heterocycles. The molecule has 0 saturated heterocycles. The molecule has 0 bridgehead atoms. The van der Waals surface area contributed by atoms with Crippen LogP contribution in [0.1, 0.15) is 43.5 Å². The molecule has 2 N–H and O–H groups in total. The first-order valence-electron chi connectivity index (χ1n) is 6.65. The summed E-state index contributed by atoms with van der Waals surface area (Å²) >= 11 is 0. The van der Waals surface area contributed by atoms with E-state index in [0.29, 0.717) is 0 Å². The summed E-state index contributed by atoms with van der Waals surface area (Å²) in [7, 11) is 0. The fraction of sp³-hybridized carbons (Fsp3) is 0.467. The van der Waals surface area contributed by atoms with E-state index in [0.717, 1.165) is 25.3 Å². The van der Waals surface area contributed by atoms with Crippen molar-refractivity contribution in [3.05, 3.63) is 29.6 Å². The van der Waals surface area contributed by atoms with Crippen molar-refractivity contribution in [1.82, 2.24) is 0 Å². The van der Waals surface area contributed by atoms with Gasteiger partial charge in [0, 0.05) is 5.92 Å². The topological polar surface area (TPSA) is 66.4 Å². The van der Waals surface area contributed by atoms with Crippen LogP contribution in [0.3, 0.4) is 0 Å². The van der Waals surface area contributed by atoms with Gasteiger partial charge in [0.05, 0.1) is 5.69 Å². The van der Waals surface area contributed by atoms with E-state index in [2.05, 4.69) is 5.32 Å². The molecule has 5 heteroatoms. The molecule has 2 rings (SSSR count). The molecule has 20 heavy (non-hydrogen) atoms. The van der Waals surface area contributed by atoms with Crippen LogP contribution in [0.15, 0.2) is 18.2 Å². The number of anilines is 1. The molecule has 4 nitrogen and oxygen atoms in total. The Morgan fingerprint density at radius 1 is 1.40 bits per heavy atom. The zero-order valence-electron chi connectivity index (χ0n) is 11.6. The fourth-order valence-electron chi connectivity index (χ4n) is 2.88. The van der Waals surface area contributed by atoms with Crippen molar-refractivity contribution in [3.63, 3.8) is 0 Å². The second-order valence-corrected chi connectivity index (χ2v) is 5.89. The van der Waals surface area contributed by atoms with Gasteiger partial charge in [0.25, 0.3) is 0 Å². The number of benzene rings is 1. The number of carboxylic acids is 1. The summed E-state index contributed by atoms with van der Waals surface area (Å²) in [6, 6.07) is 3.86.